The number of hydrogen-bond donors (Lipinski definition) is 1. The van der Waals surface area contributed by atoms with Gasteiger partial charge in [0.15, 0.2) is 0 Å². The van der Waals surface area contributed by atoms with Gasteiger partial charge in [0.1, 0.15) is 17.7 Å². The van der Waals surface area contributed by atoms with E-state index in [0.29, 0.717) is 11.1 Å². The number of ether oxygens (including phenoxy) is 1. The van der Waals surface area contributed by atoms with Gasteiger partial charge in [0.2, 0.25) is 0 Å². The van der Waals surface area contributed by atoms with Crippen molar-refractivity contribution in [1.29, 1.82) is 0 Å². The van der Waals surface area contributed by atoms with Gasteiger partial charge in [-0.25, -0.2) is 9.18 Å². The summed E-state index contributed by atoms with van der Waals surface area (Å²) in [4.78, 5) is 11.0. The van der Waals surface area contributed by atoms with Crippen LogP contribution in [0.2, 0.25) is 0 Å². The average Bonchev–Trinajstić information content (AvgIpc) is 2.77. The number of halogens is 1. The Kier molecular flexibility index (Phi) is 2.93. The number of fused-ring (bicyclic) bond motifs is 1. The molecule has 4 heteroatoms. The maximum Gasteiger partial charge on any atom is 0.338 e. The van der Waals surface area contributed by atoms with E-state index in [-0.39, 0.29) is 11.7 Å². The molecular weight excluding hydrogens is 259 g/mol. The van der Waals surface area contributed by atoms with Crippen LogP contribution in [0.1, 0.15) is 22.8 Å². The predicted molar refractivity (Wildman–Crippen MR) is 72.6 cm³/mol. The first-order valence-electron chi connectivity index (χ1n) is 6.38. The molecule has 0 aromatic heterocycles. The predicted octanol–water partition coefficient (Wildman–Crippen LogP) is 3.51. The summed E-state index contributed by atoms with van der Waals surface area (Å²) < 4.78 is 19.8. The van der Waals surface area contributed by atoms with Crippen molar-refractivity contribution >= 4 is 5.97 Å². The molecule has 3 rings (SSSR count). The number of carbonyl (C=O) groups is 1. The van der Waals surface area contributed by atoms with E-state index in [4.69, 9.17) is 9.84 Å². The second-order valence-corrected chi connectivity index (χ2v) is 4.93. The Labute approximate surface area is 115 Å². The third-order valence-electron chi connectivity index (χ3n) is 3.44. The molecule has 102 valence electrons. The highest BCUT2D eigenvalue weighted by Gasteiger charge is 2.21. The SMILES string of the molecule is CC1Cc2cc(-c3cccc(C(=O)O)c3F)ccc2O1. The van der Waals surface area contributed by atoms with Gasteiger partial charge in [0.05, 0.1) is 5.56 Å². The highest BCUT2D eigenvalue weighted by molar-refractivity contribution is 5.90. The number of carboxylic acid groups (broad SMARTS) is 1. The number of hydrogen-bond acceptors (Lipinski definition) is 2. The van der Waals surface area contributed by atoms with Crippen molar-refractivity contribution < 1.29 is 19.0 Å². The monoisotopic (exact) mass is 272 g/mol. The summed E-state index contributed by atoms with van der Waals surface area (Å²) in [6.45, 7) is 1.98. The molecule has 2 aromatic rings. The second kappa shape index (κ2) is 4.63. The molecule has 1 unspecified atom stereocenters. The summed E-state index contributed by atoms with van der Waals surface area (Å²) in [6.07, 6.45) is 0.902. The summed E-state index contributed by atoms with van der Waals surface area (Å²) >= 11 is 0. The van der Waals surface area contributed by atoms with Crippen molar-refractivity contribution in [2.75, 3.05) is 0 Å². The lowest BCUT2D eigenvalue weighted by Gasteiger charge is -2.07. The minimum Gasteiger partial charge on any atom is -0.490 e. The average molecular weight is 272 g/mol. The molecule has 3 nitrogen and oxygen atoms in total. The highest BCUT2D eigenvalue weighted by atomic mass is 19.1. The number of benzene rings is 2. The molecule has 0 saturated carbocycles. The Bertz CT molecular complexity index is 694. The molecule has 1 aliphatic rings. The van der Waals surface area contributed by atoms with Gasteiger partial charge in [-0.1, -0.05) is 18.2 Å². The van der Waals surface area contributed by atoms with E-state index in [2.05, 4.69) is 0 Å². The van der Waals surface area contributed by atoms with Gasteiger partial charge in [0.25, 0.3) is 0 Å². The molecule has 1 aliphatic heterocycles. The van der Waals surface area contributed by atoms with Gasteiger partial charge in [-0.05, 0) is 36.2 Å². The summed E-state index contributed by atoms with van der Waals surface area (Å²) in [5, 5.41) is 8.97. The van der Waals surface area contributed by atoms with Crippen LogP contribution in [0.5, 0.6) is 5.75 Å². The van der Waals surface area contributed by atoms with Gasteiger partial charge >= 0.3 is 5.97 Å². The Morgan fingerprint density at radius 3 is 2.90 bits per heavy atom. The van der Waals surface area contributed by atoms with Crippen molar-refractivity contribution in [3.8, 4) is 16.9 Å². The van der Waals surface area contributed by atoms with Crippen molar-refractivity contribution in [2.45, 2.75) is 19.4 Å². The van der Waals surface area contributed by atoms with Crippen molar-refractivity contribution in [3.63, 3.8) is 0 Å². The van der Waals surface area contributed by atoms with Gasteiger partial charge in [-0.2, -0.15) is 0 Å². The Morgan fingerprint density at radius 2 is 2.15 bits per heavy atom. The van der Waals surface area contributed by atoms with Crippen molar-refractivity contribution in [2.24, 2.45) is 0 Å². The topological polar surface area (TPSA) is 46.5 Å². The molecule has 0 fully saturated rings. The maximum atomic E-state index is 14.2. The summed E-state index contributed by atoms with van der Waals surface area (Å²) in [6, 6.07) is 9.82. The molecule has 20 heavy (non-hydrogen) atoms. The van der Waals surface area contributed by atoms with E-state index in [1.54, 1.807) is 24.3 Å². The molecular formula is C16H13FO3. The zero-order valence-electron chi connectivity index (χ0n) is 10.9. The first-order valence-corrected chi connectivity index (χ1v) is 6.38. The quantitative estimate of drug-likeness (QED) is 0.910. The molecule has 1 atom stereocenters. The Hall–Kier alpha value is -2.36. The molecule has 1 N–H and O–H groups in total. The minimum absolute atomic E-state index is 0.121. The third-order valence-corrected chi connectivity index (χ3v) is 3.44. The lowest BCUT2D eigenvalue weighted by molar-refractivity contribution is 0.0692. The van der Waals surface area contributed by atoms with Crippen LogP contribution >= 0.6 is 0 Å². The van der Waals surface area contributed by atoms with E-state index < -0.39 is 11.8 Å². The molecule has 0 amide bonds. The number of carboxylic acids is 1. The standard InChI is InChI=1S/C16H13FO3/c1-9-7-11-8-10(5-6-14(11)20-9)12-3-2-4-13(15(12)17)16(18)19/h2-6,8-9H,7H2,1H3,(H,18,19). The summed E-state index contributed by atoms with van der Waals surface area (Å²) in [7, 11) is 0. The van der Waals surface area contributed by atoms with Crippen LogP contribution in [0.3, 0.4) is 0 Å². The molecule has 0 saturated heterocycles. The zero-order valence-corrected chi connectivity index (χ0v) is 10.9. The van der Waals surface area contributed by atoms with Crippen molar-refractivity contribution in [1.82, 2.24) is 0 Å². The molecule has 1 heterocycles. The van der Waals surface area contributed by atoms with Crippen LogP contribution in [0.4, 0.5) is 4.39 Å². The van der Waals surface area contributed by atoms with Gasteiger partial charge < -0.3 is 9.84 Å². The first kappa shape index (κ1) is 12.7. The maximum absolute atomic E-state index is 14.2. The number of rotatable bonds is 2. The smallest absolute Gasteiger partial charge is 0.338 e. The zero-order chi connectivity index (χ0) is 14.3. The third kappa shape index (κ3) is 2.03. The van der Waals surface area contributed by atoms with Crippen LogP contribution in [0.15, 0.2) is 36.4 Å². The second-order valence-electron chi connectivity index (χ2n) is 4.93. The fourth-order valence-electron chi connectivity index (χ4n) is 2.51. The van der Waals surface area contributed by atoms with Gasteiger partial charge in [-0.3, -0.25) is 0 Å². The van der Waals surface area contributed by atoms with Crippen LogP contribution in [-0.2, 0) is 6.42 Å². The lowest BCUT2D eigenvalue weighted by Crippen LogP contribution is -2.05. The molecule has 0 bridgehead atoms. The van der Waals surface area contributed by atoms with Crippen LogP contribution in [0, 0.1) is 5.82 Å². The molecule has 0 aliphatic carbocycles. The summed E-state index contributed by atoms with van der Waals surface area (Å²) in [5.41, 5.74) is 1.68. The fraction of sp³-hybridized carbons (Fsp3) is 0.188. The van der Waals surface area contributed by atoms with E-state index in [0.717, 1.165) is 17.7 Å². The van der Waals surface area contributed by atoms with E-state index in [1.807, 2.05) is 13.0 Å². The van der Waals surface area contributed by atoms with Crippen molar-refractivity contribution in [3.05, 3.63) is 53.3 Å². The Balaban J connectivity index is 2.09. The number of aromatic carboxylic acids is 1. The molecule has 0 spiro atoms. The molecule has 2 aromatic carbocycles. The normalized spacial score (nSPS) is 16.6. The lowest BCUT2D eigenvalue weighted by atomic mass is 9.99. The van der Waals surface area contributed by atoms with Crippen LogP contribution in [-0.4, -0.2) is 17.2 Å². The van der Waals surface area contributed by atoms with Gasteiger partial charge in [-0.15, -0.1) is 0 Å². The highest BCUT2D eigenvalue weighted by Crippen LogP contribution is 2.34. The first-order chi connectivity index (χ1) is 9.56. The fourth-order valence-corrected chi connectivity index (χ4v) is 2.51. The van der Waals surface area contributed by atoms with E-state index >= 15 is 0 Å². The van der Waals surface area contributed by atoms with Crippen LogP contribution in [0.25, 0.3) is 11.1 Å². The van der Waals surface area contributed by atoms with Gasteiger partial charge in [0, 0.05) is 12.0 Å². The Morgan fingerprint density at radius 1 is 1.35 bits per heavy atom. The minimum atomic E-state index is -1.26. The summed E-state index contributed by atoms with van der Waals surface area (Å²) in [5.74, 6) is -1.15. The molecule has 0 radical (unpaired) electrons. The van der Waals surface area contributed by atoms with Crippen LogP contribution < -0.4 is 4.74 Å². The van der Waals surface area contributed by atoms with E-state index in [1.165, 1.54) is 6.07 Å². The van der Waals surface area contributed by atoms with E-state index in [9.17, 15) is 9.18 Å². The largest absolute Gasteiger partial charge is 0.490 e.